The first-order valence-corrected chi connectivity index (χ1v) is 17.0. The highest BCUT2D eigenvalue weighted by Crippen LogP contribution is 2.40. The molecule has 0 bridgehead atoms. The SMILES string of the molecule is COc1ccccc1-c1cc(C2=CCCN(C(=O)CCn3ccnn3)C2)c(F)c2[nH]c(C(=O)N3CCN(c4cncc5cccnc45)CC3)cc12. The number of pyridine rings is 2. The molecule has 6 heterocycles. The number of carbonyl (C=O) groups excluding carboxylic acids is 2. The molecule has 13 heteroatoms. The van der Waals surface area contributed by atoms with Crippen molar-refractivity contribution in [1.82, 2.24) is 39.7 Å². The van der Waals surface area contributed by atoms with E-state index >= 15 is 4.39 Å². The molecule has 258 valence electrons. The van der Waals surface area contributed by atoms with Crippen LogP contribution in [-0.2, 0) is 11.3 Å². The number of piperazine rings is 1. The quantitative estimate of drug-likeness (QED) is 0.232. The van der Waals surface area contributed by atoms with Crippen LogP contribution in [0.15, 0.2) is 85.6 Å². The van der Waals surface area contributed by atoms with Crippen molar-refractivity contribution < 1.29 is 18.7 Å². The number of anilines is 1. The lowest BCUT2D eigenvalue weighted by atomic mass is 9.93. The van der Waals surface area contributed by atoms with Crippen molar-refractivity contribution >= 4 is 44.9 Å². The van der Waals surface area contributed by atoms with Gasteiger partial charge in [0.1, 0.15) is 11.4 Å². The molecule has 0 unspecified atom stereocenters. The van der Waals surface area contributed by atoms with E-state index in [-0.39, 0.29) is 30.3 Å². The normalized spacial score (nSPS) is 15.0. The third-order valence-electron chi connectivity index (χ3n) is 9.76. The summed E-state index contributed by atoms with van der Waals surface area (Å²) in [4.78, 5) is 45.1. The first-order valence-electron chi connectivity index (χ1n) is 17.0. The van der Waals surface area contributed by atoms with Crippen LogP contribution in [0, 0.1) is 5.82 Å². The number of hydrogen-bond donors (Lipinski definition) is 1. The number of fused-ring (bicyclic) bond motifs is 2. The largest absolute Gasteiger partial charge is 0.496 e. The summed E-state index contributed by atoms with van der Waals surface area (Å²) < 4.78 is 24.1. The number of para-hydroxylation sites is 1. The molecule has 1 fully saturated rings. The molecule has 6 aromatic rings. The number of hydrogen-bond acceptors (Lipinski definition) is 8. The molecule has 4 aromatic heterocycles. The second-order valence-corrected chi connectivity index (χ2v) is 12.7. The number of methoxy groups -OCH3 is 1. The van der Waals surface area contributed by atoms with Crippen LogP contribution in [-0.4, -0.2) is 97.9 Å². The number of halogens is 1. The van der Waals surface area contributed by atoms with E-state index in [1.165, 1.54) is 0 Å². The zero-order valence-electron chi connectivity index (χ0n) is 28.1. The highest BCUT2D eigenvalue weighted by Gasteiger charge is 2.28. The van der Waals surface area contributed by atoms with Gasteiger partial charge in [-0.05, 0) is 47.9 Å². The molecule has 2 aliphatic heterocycles. The Balaban J connectivity index is 1.09. The Morgan fingerprint density at radius 3 is 2.63 bits per heavy atom. The Labute approximate surface area is 293 Å². The maximum Gasteiger partial charge on any atom is 0.270 e. The highest BCUT2D eigenvalue weighted by molar-refractivity contribution is 6.05. The molecule has 0 atom stereocenters. The molecule has 2 aliphatic rings. The Kier molecular flexibility index (Phi) is 8.60. The van der Waals surface area contributed by atoms with Crippen LogP contribution in [0.25, 0.3) is 38.5 Å². The van der Waals surface area contributed by atoms with E-state index in [9.17, 15) is 9.59 Å². The van der Waals surface area contributed by atoms with E-state index in [0.29, 0.717) is 73.7 Å². The zero-order valence-corrected chi connectivity index (χ0v) is 28.1. The third kappa shape index (κ3) is 6.15. The van der Waals surface area contributed by atoms with Crippen molar-refractivity contribution in [3.05, 3.63) is 103 Å². The topological polar surface area (TPSA) is 125 Å². The second-order valence-electron chi connectivity index (χ2n) is 12.7. The number of benzene rings is 2. The van der Waals surface area contributed by atoms with Crippen molar-refractivity contribution in [2.75, 3.05) is 51.3 Å². The molecule has 1 N–H and O–H groups in total. The molecule has 2 amide bonds. The van der Waals surface area contributed by atoms with Crippen LogP contribution in [0.3, 0.4) is 0 Å². The van der Waals surface area contributed by atoms with Gasteiger partial charge in [0, 0.05) is 86.2 Å². The van der Waals surface area contributed by atoms with Crippen LogP contribution >= 0.6 is 0 Å². The van der Waals surface area contributed by atoms with Crippen molar-refractivity contribution in [2.45, 2.75) is 19.4 Å². The molecule has 1 saturated heterocycles. The van der Waals surface area contributed by atoms with Crippen LogP contribution < -0.4 is 9.64 Å². The number of H-pyrrole nitrogens is 1. The zero-order chi connectivity index (χ0) is 34.9. The Bertz CT molecular complexity index is 2270. The number of ether oxygens (including phenoxy) is 1. The smallest absolute Gasteiger partial charge is 0.270 e. The number of aryl methyl sites for hydroxylation is 1. The highest BCUT2D eigenvalue weighted by atomic mass is 19.1. The number of aromatic amines is 1. The minimum atomic E-state index is -0.466. The molecule has 0 saturated carbocycles. The van der Waals surface area contributed by atoms with Gasteiger partial charge in [-0.3, -0.25) is 24.2 Å². The predicted octanol–water partition coefficient (Wildman–Crippen LogP) is 5.19. The lowest BCUT2D eigenvalue weighted by Crippen LogP contribution is -2.49. The Morgan fingerprint density at radius 2 is 1.80 bits per heavy atom. The summed E-state index contributed by atoms with van der Waals surface area (Å²) in [6.07, 6.45) is 11.5. The standard InChI is InChI=1S/C38H36FN9O3/c1-51-33-9-3-2-8-27(33)29-20-28(26-7-5-13-47(24-26)34(49)10-14-48-15-12-42-44-48)35(39)37-30(29)21-31(43-37)38(50)46-18-16-45(17-19-46)32-23-40-22-25-6-4-11-41-36(25)32/h2-4,6-9,11-12,15,20-23,43H,5,10,13-14,16-19,24H2,1H3. The summed E-state index contributed by atoms with van der Waals surface area (Å²) >= 11 is 0. The summed E-state index contributed by atoms with van der Waals surface area (Å²) in [5, 5.41) is 9.29. The molecular weight excluding hydrogens is 649 g/mol. The van der Waals surface area contributed by atoms with E-state index in [2.05, 4.69) is 30.2 Å². The maximum atomic E-state index is 16.7. The summed E-state index contributed by atoms with van der Waals surface area (Å²) in [6.45, 7) is 3.41. The van der Waals surface area contributed by atoms with Crippen LogP contribution in [0.5, 0.6) is 5.75 Å². The van der Waals surface area contributed by atoms with E-state index in [1.807, 2.05) is 54.7 Å². The molecular formula is C38H36FN9O3. The van der Waals surface area contributed by atoms with Crippen molar-refractivity contribution in [2.24, 2.45) is 0 Å². The second kappa shape index (κ2) is 13.7. The van der Waals surface area contributed by atoms with Crippen molar-refractivity contribution in [3.8, 4) is 16.9 Å². The average molecular weight is 686 g/mol. The van der Waals surface area contributed by atoms with Gasteiger partial charge in [-0.2, -0.15) is 0 Å². The van der Waals surface area contributed by atoms with Crippen LogP contribution in [0.1, 0.15) is 28.9 Å². The summed E-state index contributed by atoms with van der Waals surface area (Å²) in [5.74, 6) is -0.0792. The molecule has 0 aliphatic carbocycles. The van der Waals surface area contributed by atoms with E-state index < -0.39 is 5.82 Å². The predicted molar refractivity (Wildman–Crippen MR) is 192 cm³/mol. The van der Waals surface area contributed by atoms with Gasteiger partial charge in [0.15, 0.2) is 5.82 Å². The monoisotopic (exact) mass is 685 g/mol. The molecule has 12 nitrogen and oxygen atoms in total. The number of aromatic nitrogens is 6. The van der Waals surface area contributed by atoms with Gasteiger partial charge in [-0.15, -0.1) is 5.10 Å². The molecule has 2 aromatic carbocycles. The van der Waals surface area contributed by atoms with E-state index in [1.54, 1.807) is 52.4 Å². The first-order chi connectivity index (χ1) is 25.0. The summed E-state index contributed by atoms with van der Waals surface area (Å²) in [7, 11) is 1.60. The lowest BCUT2D eigenvalue weighted by molar-refractivity contribution is -0.131. The molecule has 0 radical (unpaired) electrons. The summed E-state index contributed by atoms with van der Waals surface area (Å²) in [6, 6.07) is 15.0. The van der Waals surface area contributed by atoms with Gasteiger partial charge < -0.3 is 24.4 Å². The van der Waals surface area contributed by atoms with E-state index in [4.69, 9.17) is 4.74 Å². The van der Waals surface area contributed by atoms with Gasteiger partial charge in [-0.25, -0.2) is 4.39 Å². The number of nitrogens with one attached hydrogen (secondary N) is 1. The minimum Gasteiger partial charge on any atom is -0.496 e. The number of nitrogens with zero attached hydrogens (tertiary/aromatic N) is 8. The summed E-state index contributed by atoms with van der Waals surface area (Å²) in [5.41, 5.74) is 4.95. The third-order valence-corrected chi connectivity index (χ3v) is 9.76. The van der Waals surface area contributed by atoms with Crippen molar-refractivity contribution in [1.29, 1.82) is 0 Å². The molecule has 51 heavy (non-hydrogen) atoms. The lowest BCUT2D eigenvalue weighted by Gasteiger charge is -2.36. The Morgan fingerprint density at radius 1 is 0.941 bits per heavy atom. The first kappa shape index (κ1) is 32.1. The molecule has 8 rings (SSSR count). The fraction of sp³-hybridized carbons (Fsp3) is 0.263. The van der Waals surface area contributed by atoms with Gasteiger partial charge in [0.25, 0.3) is 5.91 Å². The number of rotatable bonds is 8. The fourth-order valence-corrected chi connectivity index (χ4v) is 7.11. The van der Waals surface area contributed by atoms with Gasteiger partial charge in [0.05, 0.1) is 42.8 Å². The van der Waals surface area contributed by atoms with Crippen LogP contribution in [0.4, 0.5) is 10.1 Å². The number of carbonyl (C=O) groups is 2. The molecule has 0 spiro atoms. The van der Waals surface area contributed by atoms with E-state index in [0.717, 1.165) is 27.7 Å². The fourth-order valence-electron chi connectivity index (χ4n) is 7.11. The van der Waals surface area contributed by atoms with Gasteiger partial charge >= 0.3 is 0 Å². The minimum absolute atomic E-state index is 0.0385. The van der Waals surface area contributed by atoms with Gasteiger partial charge in [-0.1, -0.05) is 29.5 Å². The maximum absolute atomic E-state index is 16.7. The van der Waals surface area contributed by atoms with Gasteiger partial charge in [0.2, 0.25) is 5.91 Å². The van der Waals surface area contributed by atoms with Crippen molar-refractivity contribution in [3.63, 3.8) is 0 Å². The van der Waals surface area contributed by atoms with Crippen LogP contribution in [0.2, 0.25) is 0 Å². The Hall–Kier alpha value is -6.11. The number of amides is 2. The average Bonchev–Trinajstić information content (AvgIpc) is 3.88.